The summed E-state index contributed by atoms with van der Waals surface area (Å²) in [6.07, 6.45) is 5.50. The lowest BCUT2D eigenvalue weighted by Gasteiger charge is -2.34. The van der Waals surface area contributed by atoms with E-state index in [2.05, 4.69) is 26.8 Å². The first-order chi connectivity index (χ1) is 6.16. The summed E-state index contributed by atoms with van der Waals surface area (Å²) in [7, 11) is 0. The highest BCUT2D eigenvalue weighted by molar-refractivity contribution is 5.12. The molecule has 0 aromatic heterocycles. The van der Waals surface area contributed by atoms with E-state index in [1.165, 1.54) is 12.8 Å². The lowest BCUT2D eigenvalue weighted by atomic mass is 9.85. The summed E-state index contributed by atoms with van der Waals surface area (Å²) in [6.45, 7) is 7.76. The van der Waals surface area contributed by atoms with Crippen LogP contribution in [-0.2, 0) is 4.74 Å². The van der Waals surface area contributed by atoms with Gasteiger partial charge in [0, 0.05) is 0 Å². The molecule has 0 bridgehead atoms. The number of rotatable bonds is 1. The summed E-state index contributed by atoms with van der Waals surface area (Å²) in [6, 6.07) is 0. The highest BCUT2D eigenvalue weighted by Gasteiger charge is 2.34. The van der Waals surface area contributed by atoms with Gasteiger partial charge in [0.2, 0.25) is 0 Å². The lowest BCUT2D eigenvalue weighted by Crippen LogP contribution is -2.33. The monoisotopic (exact) mass is 180 g/mol. The first-order valence-corrected chi connectivity index (χ1v) is 5.45. The van der Waals surface area contributed by atoms with Crippen LogP contribution in [0.3, 0.4) is 0 Å². The Morgan fingerprint density at radius 1 is 1.46 bits per heavy atom. The zero-order valence-corrected chi connectivity index (χ0v) is 8.92. The molecule has 1 aliphatic heterocycles. The molecule has 1 heteroatoms. The van der Waals surface area contributed by atoms with Gasteiger partial charge in [0.1, 0.15) is 0 Å². The molecule has 0 aromatic rings. The van der Waals surface area contributed by atoms with Crippen molar-refractivity contribution in [3.05, 3.63) is 11.6 Å². The van der Waals surface area contributed by atoms with Gasteiger partial charge in [0.15, 0.2) is 0 Å². The molecule has 0 aromatic carbocycles. The van der Waals surface area contributed by atoms with Gasteiger partial charge in [-0.05, 0) is 37.5 Å². The molecule has 13 heavy (non-hydrogen) atoms. The van der Waals surface area contributed by atoms with E-state index in [4.69, 9.17) is 4.74 Å². The van der Waals surface area contributed by atoms with Crippen LogP contribution in [0.25, 0.3) is 0 Å². The molecular weight excluding hydrogens is 160 g/mol. The van der Waals surface area contributed by atoms with Crippen molar-refractivity contribution in [2.24, 2.45) is 17.8 Å². The molecule has 0 amide bonds. The Bertz CT molecular complexity index is 217. The molecule has 1 aliphatic carbocycles. The van der Waals surface area contributed by atoms with Gasteiger partial charge in [0.25, 0.3) is 0 Å². The Labute approximate surface area is 81.2 Å². The van der Waals surface area contributed by atoms with E-state index >= 15 is 0 Å². The van der Waals surface area contributed by atoms with Gasteiger partial charge in [0.05, 0.1) is 12.7 Å². The molecular formula is C12H20O. The maximum atomic E-state index is 5.87. The maximum Gasteiger partial charge on any atom is 0.0603 e. The Kier molecular flexibility index (Phi) is 2.46. The standard InChI is InChI=1S/C12H20O/c1-8(2)12-6-10-4-9(3)5-11(10)7-13-12/h4,8,10-12H,5-7H2,1-3H3/t10-,11+,12-/m1/s1. The fraction of sp³-hybridized carbons (Fsp3) is 0.833. The van der Waals surface area contributed by atoms with Crippen LogP contribution in [0, 0.1) is 17.8 Å². The van der Waals surface area contributed by atoms with Gasteiger partial charge < -0.3 is 4.74 Å². The van der Waals surface area contributed by atoms with Crippen molar-refractivity contribution in [3.8, 4) is 0 Å². The highest BCUT2D eigenvalue weighted by atomic mass is 16.5. The molecule has 0 spiro atoms. The largest absolute Gasteiger partial charge is 0.378 e. The summed E-state index contributed by atoms with van der Waals surface area (Å²) in [5.74, 6) is 2.30. The molecule has 1 fully saturated rings. The number of allylic oxidation sites excluding steroid dienone is 2. The highest BCUT2D eigenvalue weighted by Crippen LogP contribution is 2.39. The fourth-order valence-electron chi connectivity index (χ4n) is 2.63. The van der Waals surface area contributed by atoms with E-state index in [0.717, 1.165) is 18.4 Å². The Hall–Kier alpha value is -0.300. The van der Waals surface area contributed by atoms with Crippen molar-refractivity contribution in [3.63, 3.8) is 0 Å². The van der Waals surface area contributed by atoms with Crippen LogP contribution in [0.4, 0.5) is 0 Å². The molecule has 1 nitrogen and oxygen atoms in total. The molecule has 2 aliphatic rings. The van der Waals surface area contributed by atoms with Crippen LogP contribution in [0.2, 0.25) is 0 Å². The van der Waals surface area contributed by atoms with Gasteiger partial charge in [-0.1, -0.05) is 25.5 Å². The third-order valence-electron chi connectivity index (χ3n) is 3.46. The molecule has 2 rings (SSSR count). The predicted molar refractivity (Wildman–Crippen MR) is 54.5 cm³/mol. The van der Waals surface area contributed by atoms with E-state index in [1.807, 2.05) is 0 Å². The second-order valence-corrected chi connectivity index (χ2v) is 4.99. The summed E-state index contributed by atoms with van der Waals surface area (Å²) in [4.78, 5) is 0. The van der Waals surface area contributed by atoms with Crippen LogP contribution in [-0.4, -0.2) is 12.7 Å². The van der Waals surface area contributed by atoms with Crippen molar-refractivity contribution < 1.29 is 4.74 Å². The van der Waals surface area contributed by atoms with Gasteiger partial charge in [-0.3, -0.25) is 0 Å². The normalized spacial score (nSPS) is 39.1. The molecule has 0 saturated carbocycles. The number of hydrogen-bond acceptors (Lipinski definition) is 1. The molecule has 1 heterocycles. The van der Waals surface area contributed by atoms with Gasteiger partial charge >= 0.3 is 0 Å². The molecule has 74 valence electrons. The molecule has 0 unspecified atom stereocenters. The number of ether oxygens (including phenoxy) is 1. The Morgan fingerprint density at radius 3 is 2.92 bits per heavy atom. The van der Waals surface area contributed by atoms with Crippen molar-refractivity contribution in [2.75, 3.05) is 6.61 Å². The van der Waals surface area contributed by atoms with Crippen LogP contribution in [0.5, 0.6) is 0 Å². The van der Waals surface area contributed by atoms with E-state index in [-0.39, 0.29) is 0 Å². The third-order valence-corrected chi connectivity index (χ3v) is 3.46. The van der Waals surface area contributed by atoms with Crippen molar-refractivity contribution >= 4 is 0 Å². The minimum absolute atomic E-state index is 0.503. The quantitative estimate of drug-likeness (QED) is 0.564. The summed E-state index contributed by atoms with van der Waals surface area (Å²) in [5.41, 5.74) is 1.57. The summed E-state index contributed by atoms with van der Waals surface area (Å²) in [5, 5.41) is 0. The molecule has 1 saturated heterocycles. The minimum atomic E-state index is 0.503. The van der Waals surface area contributed by atoms with Gasteiger partial charge in [-0.2, -0.15) is 0 Å². The van der Waals surface area contributed by atoms with Crippen molar-refractivity contribution in [2.45, 2.75) is 39.7 Å². The van der Waals surface area contributed by atoms with E-state index in [1.54, 1.807) is 5.57 Å². The topological polar surface area (TPSA) is 9.23 Å². The van der Waals surface area contributed by atoms with Crippen molar-refractivity contribution in [1.82, 2.24) is 0 Å². The predicted octanol–water partition coefficient (Wildman–Crippen LogP) is 3.01. The van der Waals surface area contributed by atoms with E-state index in [9.17, 15) is 0 Å². The zero-order chi connectivity index (χ0) is 9.42. The molecule has 0 N–H and O–H groups in total. The van der Waals surface area contributed by atoms with Crippen molar-refractivity contribution in [1.29, 1.82) is 0 Å². The number of fused-ring (bicyclic) bond motifs is 1. The van der Waals surface area contributed by atoms with Gasteiger partial charge in [-0.25, -0.2) is 0 Å². The van der Waals surface area contributed by atoms with Crippen LogP contribution in [0.15, 0.2) is 11.6 Å². The summed E-state index contributed by atoms with van der Waals surface area (Å²) >= 11 is 0. The van der Waals surface area contributed by atoms with Crippen LogP contribution in [0.1, 0.15) is 33.6 Å². The second-order valence-electron chi connectivity index (χ2n) is 4.99. The van der Waals surface area contributed by atoms with E-state index < -0.39 is 0 Å². The molecule has 3 atom stereocenters. The summed E-state index contributed by atoms with van der Waals surface area (Å²) < 4.78 is 5.87. The third kappa shape index (κ3) is 1.80. The molecule has 0 radical (unpaired) electrons. The lowest BCUT2D eigenvalue weighted by molar-refractivity contribution is -0.0530. The first-order valence-electron chi connectivity index (χ1n) is 5.45. The Balaban J connectivity index is 1.99. The first kappa shape index (κ1) is 9.26. The van der Waals surface area contributed by atoms with Crippen LogP contribution < -0.4 is 0 Å². The SMILES string of the molecule is CC1=C[C@@H]2C[C@H](C(C)C)OC[C@@H]2C1. The fourth-order valence-corrected chi connectivity index (χ4v) is 2.63. The van der Waals surface area contributed by atoms with E-state index in [0.29, 0.717) is 12.0 Å². The van der Waals surface area contributed by atoms with Crippen LogP contribution >= 0.6 is 0 Å². The zero-order valence-electron chi connectivity index (χ0n) is 8.92. The van der Waals surface area contributed by atoms with Gasteiger partial charge in [-0.15, -0.1) is 0 Å². The number of hydrogen-bond donors (Lipinski definition) is 0. The maximum absolute atomic E-state index is 5.87. The average Bonchev–Trinajstić information content (AvgIpc) is 2.42. The smallest absolute Gasteiger partial charge is 0.0603 e. The Morgan fingerprint density at radius 2 is 2.23 bits per heavy atom. The average molecular weight is 180 g/mol. The minimum Gasteiger partial charge on any atom is -0.378 e. The second kappa shape index (κ2) is 3.45.